The number of hydrogen-bond acceptors (Lipinski definition) is 1. The van der Waals surface area contributed by atoms with Crippen molar-refractivity contribution in [2.75, 3.05) is 10.6 Å². The fourth-order valence-electron chi connectivity index (χ4n) is 3.29. The number of aryl methyl sites for hydroxylation is 2. The highest BCUT2D eigenvalue weighted by atomic mass is 19.4. The molecule has 0 atom stereocenters. The van der Waals surface area contributed by atoms with Crippen LogP contribution < -0.4 is 10.6 Å². The van der Waals surface area contributed by atoms with Gasteiger partial charge in [0.15, 0.2) is 0 Å². The van der Waals surface area contributed by atoms with Gasteiger partial charge in [-0.25, -0.2) is 13.6 Å². The van der Waals surface area contributed by atoms with Gasteiger partial charge in [-0.1, -0.05) is 24.3 Å². The molecule has 0 radical (unpaired) electrons. The van der Waals surface area contributed by atoms with Gasteiger partial charge >= 0.3 is 42.1 Å². The number of halogens is 14. The first-order chi connectivity index (χ1) is 16.9. The summed E-state index contributed by atoms with van der Waals surface area (Å²) in [6.45, 7) is 1.84. The molecule has 0 fully saturated rings. The third kappa shape index (κ3) is 5.32. The molecular weight excluding hydrogens is 562 g/mol. The van der Waals surface area contributed by atoms with Crippen LogP contribution in [0.25, 0.3) is 0 Å². The lowest BCUT2D eigenvalue weighted by Crippen LogP contribution is -2.50. The number of nitrogens with one attached hydrogen (secondary N) is 2. The Bertz CT molecular complexity index is 1070. The van der Waals surface area contributed by atoms with Crippen LogP contribution in [0.3, 0.4) is 0 Å². The van der Waals surface area contributed by atoms with Crippen molar-refractivity contribution >= 4 is 17.4 Å². The molecule has 2 rings (SSSR count). The quantitative estimate of drug-likeness (QED) is 0.352. The molecule has 0 saturated heterocycles. The second-order valence-electron chi connectivity index (χ2n) is 7.95. The van der Waals surface area contributed by atoms with Gasteiger partial charge in [0.05, 0.1) is 0 Å². The molecule has 2 aromatic carbocycles. The van der Waals surface area contributed by atoms with Crippen LogP contribution in [0.4, 0.5) is 77.6 Å². The Kier molecular flexibility index (Phi) is 7.72. The second-order valence-corrected chi connectivity index (χ2v) is 7.95. The number of alkyl halides is 14. The average Bonchev–Trinajstić information content (AvgIpc) is 2.72. The van der Waals surface area contributed by atoms with Crippen LogP contribution in [-0.2, 0) is 11.3 Å². The van der Waals surface area contributed by atoms with Crippen molar-refractivity contribution < 1.29 is 66.3 Å². The van der Waals surface area contributed by atoms with E-state index in [1.165, 1.54) is 0 Å². The standard InChI is InChI=1S/C21H14F14N2O/c1-9-7-11(16(22,18(24,25)26)19(27,28)29)3-5-13(9)36-15(38)37-14-6-4-12(8-10(14)2)17(23,20(30,31)32)21(33,34)35/h3-8H,1-2H3,(H2,36,37,38). The van der Waals surface area contributed by atoms with Crippen LogP contribution in [0, 0.1) is 13.8 Å². The van der Waals surface area contributed by atoms with Crippen LogP contribution >= 0.6 is 0 Å². The number of anilines is 2. The first-order valence-electron chi connectivity index (χ1n) is 9.83. The van der Waals surface area contributed by atoms with Gasteiger partial charge in [-0.15, -0.1) is 0 Å². The highest BCUT2D eigenvalue weighted by Gasteiger charge is 2.74. The van der Waals surface area contributed by atoms with Gasteiger partial charge in [0, 0.05) is 22.5 Å². The van der Waals surface area contributed by atoms with E-state index in [1.54, 1.807) is 0 Å². The molecule has 3 nitrogen and oxygen atoms in total. The molecule has 2 aromatic rings. The molecule has 0 aliphatic carbocycles. The normalized spacial score (nSPS) is 13.9. The lowest BCUT2D eigenvalue weighted by atomic mass is 9.92. The van der Waals surface area contributed by atoms with Crippen LogP contribution in [-0.4, -0.2) is 30.7 Å². The topological polar surface area (TPSA) is 41.1 Å². The highest BCUT2D eigenvalue weighted by Crippen LogP contribution is 2.54. The molecule has 212 valence electrons. The summed E-state index contributed by atoms with van der Waals surface area (Å²) in [5.41, 5.74) is -16.9. The zero-order valence-corrected chi connectivity index (χ0v) is 18.7. The van der Waals surface area contributed by atoms with Gasteiger partial charge in [-0.2, -0.15) is 52.7 Å². The van der Waals surface area contributed by atoms with Crippen molar-refractivity contribution in [1.82, 2.24) is 0 Å². The van der Waals surface area contributed by atoms with Gasteiger partial charge < -0.3 is 10.6 Å². The molecule has 17 heteroatoms. The Morgan fingerprint density at radius 3 is 1.00 bits per heavy atom. The van der Waals surface area contributed by atoms with E-state index >= 15 is 0 Å². The number of urea groups is 1. The molecule has 0 heterocycles. The lowest BCUT2D eigenvalue weighted by molar-refractivity contribution is -0.349. The third-order valence-electron chi connectivity index (χ3n) is 5.31. The summed E-state index contributed by atoms with van der Waals surface area (Å²) in [5.74, 6) is 0. The maximum absolute atomic E-state index is 14.2. The van der Waals surface area contributed by atoms with Crippen molar-refractivity contribution in [3.05, 3.63) is 58.7 Å². The number of hydrogen-bond donors (Lipinski definition) is 2. The number of amides is 2. The SMILES string of the molecule is Cc1cc(C(F)(C(F)(F)F)C(F)(F)F)ccc1NC(=O)Nc1ccc(C(F)(C(F)(F)F)C(F)(F)F)cc1C. The van der Waals surface area contributed by atoms with E-state index in [1.807, 2.05) is 10.6 Å². The lowest BCUT2D eigenvalue weighted by Gasteiger charge is -2.30. The Morgan fingerprint density at radius 1 is 0.526 bits per heavy atom. The maximum atomic E-state index is 14.2. The van der Waals surface area contributed by atoms with E-state index < -0.39 is 75.7 Å². The summed E-state index contributed by atoms with van der Waals surface area (Å²) in [6, 6.07) is 0.286. The third-order valence-corrected chi connectivity index (χ3v) is 5.31. The Hall–Kier alpha value is -3.27. The fourth-order valence-corrected chi connectivity index (χ4v) is 3.29. The van der Waals surface area contributed by atoms with Gasteiger partial charge in [-0.05, 0) is 37.1 Å². The van der Waals surface area contributed by atoms with Crippen LogP contribution in [0.15, 0.2) is 36.4 Å². The van der Waals surface area contributed by atoms with Gasteiger partial charge in [0.25, 0.3) is 0 Å². The van der Waals surface area contributed by atoms with Gasteiger partial charge in [0.2, 0.25) is 0 Å². The zero-order valence-electron chi connectivity index (χ0n) is 18.7. The van der Waals surface area contributed by atoms with E-state index in [-0.39, 0.29) is 24.3 Å². The summed E-state index contributed by atoms with van der Waals surface area (Å²) in [6.07, 6.45) is -25.5. The van der Waals surface area contributed by atoms with Crippen molar-refractivity contribution in [1.29, 1.82) is 0 Å². The molecule has 0 unspecified atom stereocenters. The number of benzene rings is 2. The van der Waals surface area contributed by atoms with E-state index in [9.17, 15) is 66.3 Å². The summed E-state index contributed by atoms with van der Waals surface area (Å²) in [4.78, 5) is 12.2. The monoisotopic (exact) mass is 576 g/mol. The minimum atomic E-state index is -6.39. The molecule has 0 aromatic heterocycles. The molecule has 0 bridgehead atoms. The van der Waals surface area contributed by atoms with Crippen LogP contribution in [0.5, 0.6) is 0 Å². The summed E-state index contributed by atoms with van der Waals surface area (Å²) < 4.78 is 183. The van der Waals surface area contributed by atoms with Crippen molar-refractivity contribution in [2.24, 2.45) is 0 Å². The summed E-state index contributed by atoms with van der Waals surface area (Å²) in [7, 11) is 0. The van der Waals surface area contributed by atoms with Gasteiger partial charge in [-0.3, -0.25) is 0 Å². The number of rotatable bonds is 4. The summed E-state index contributed by atoms with van der Waals surface area (Å²) in [5, 5.41) is 3.93. The molecule has 2 amide bonds. The summed E-state index contributed by atoms with van der Waals surface area (Å²) >= 11 is 0. The number of carbonyl (C=O) groups is 1. The number of carbonyl (C=O) groups excluding carboxylic acids is 1. The van der Waals surface area contributed by atoms with E-state index in [2.05, 4.69) is 0 Å². The largest absolute Gasteiger partial charge is 0.435 e. The van der Waals surface area contributed by atoms with Crippen molar-refractivity contribution in [3.63, 3.8) is 0 Å². The Labute approximate surface area is 203 Å². The highest BCUT2D eigenvalue weighted by molar-refractivity contribution is 6.00. The first kappa shape index (κ1) is 31.0. The van der Waals surface area contributed by atoms with E-state index in [0.29, 0.717) is 12.1 Å². The van der Waals surface area contributed by atoms with Crippen LogP contribution in [0.1, 0.15) is 22.3 Å². The molecular formula is C21H14F14N2O. The van der Waals surface area contributed by atoms with Crippen LogP contribution in [0.2, 0.25) is 0 Å². The van der Waals surface area contributed by atoms with E-state index in [4.69, 9.17) is 0 Å². The van der Waals surface area contributed by atoms with Gasteiger partial charge in [0.1, 0.15) is 0 Å². The minimum Gasteiger partial charge on any atom is -0.307 e. The molecule has 0 aliphatic rings. The predicted molar refractivity (Wildman–Crippen MR) is 105 cm³/mol. The minimum absolute atomic E-state index is 0.110. The smallest absolute Gasteiger partial charge is 0.307 e. The Balaban J connectivity index is 2.32. The average molecular weight is 576 g/mol. The van der Waals surface area contributed by atoms with Crippen molar-refractivity contribution in [3.8, 4) is 0 Å². The molecule has 2 N–H and O–H groups in total. The first-order valence-corrected chi connectivity index (χ1v) is 9.83. The van der Waals surface area contributed by atoms with E-state index in [0.717, 1.165) is 13.8 Å². The zero-order chi connectivity index (χ0) is 29.7. The fraction of sp³-hybridized carbons (Fsp3) is 0.381. The maximum Gasteiger partial charge on any atom is 0.435 e. The van der Waals surface area contributed by atoms with Crippen molar-refractivity contribution in [2.45, 2.75) is 49.9 Å². The molecule has 0 spiro atoms. The predicted octanol–water partition coefficient (Wildman–Crippen LogP) is 8.53. The molecule has 38 heavy (non-hydrogen) atoms. The molecule has 0 aliphatic heterocycles. The second kappa shape index (κ2) is 9.48. The molecule has 0 saturated carbocycles. The Morgan fingerprint density at radius 2 is 0.789 bits per heavy atom.